The van der Waals surface area contributed by atoms with Gasteiger partial charge in [-0.15, -0.1) is 11.6 Å². The maximum atomic E-state index is 13.5. The lowest BCUT2D eigenvalue weighted by Gasteiger charge is -2.58. The number of H-pyrrole nitrogens is 1. The summed E-state index contributed by atoms with van der Waals surface area (Å²) in [6.07, 6.45) is 5.04. The molecule has 4 aliphatic carbocycles. The van der Waals surface area contributed by atoms with E-state index in [4.69, 9.17) is 22.1 Å². The maximum absolute atomic E-state index is 13.5. The Bertz CT molecular complexity index is 1340. The molecule has 0 aliphatic heterocycles. The Labute approximate surface area is 226 Å². The number of carbonyl (C=O) groups excluding carboxylic acids is 2. The van der Waals surface area contributed by atoms with Crippen LogP contribution in [0.25, 0.3) is 0 Å². The number of hydrogen-bond donors (Lipinski definition) is 2. The van der Waals surface area contributed by atoms with Gasteiger partial charge >= 0.3 is 11.7 Å². The van der Waals surface area contributed by atoms with Gasteiger partial charge in [-0.1, -0.05) is 44.2 Å². The largest absolute Gasteiger partial charge is 0.455 e. The third kappa shape index (κ3) is 5.00. The first-order chi connectivity index (χ1) is 18.0. The van der Waals surface area contributed by atoms with Gasteiger partial charge in [0.1, 0.15) is 5.82 Å². The van der Waals surface area contributed by atoms with Gasteiger partial charge in [0, 0.05) is 11.4 Å². The van der Waals surface area contributed by atoms with Gasteiger partial charge in [-0.25, -0.2) is 4.79 Å². The average Bonchev–Trinajstić information content (AvgIpc) is 2.83. The molecule has 4 bridgehead atoms. The lowest BCUT2D eigenvalue weighted by molar-refractivity contribution is -0.171. The molecule has 1 aromatic carbocycles. The average molecular weight is 543 g/mol. The monoisotopic (exact) mass is 542 g/mol. The molecule has 1 heterocycles. The SMILES string of the molecule is CC(C)CN(C(=O)COC(=O)C12C[C@@H]3C[C@H](CC(Cl)(C3)C1)C2)c1c(N)n(Cc2ccccc2)c(=O)[nH]c1=O. The molecule has 2 aromatic rings. The summed E-state index contributed by atoms with van der Waals surface area (Å²) < 4.78 is 6.87. The molecule has 3 N–H and O–H groups in total. The van der Waals surface area contributed by atoms with E-state index in [1.807, 2.05) is 44.2 Å². The molecular weight excluding hydrogens is 508 g/mol. The van der Waals surface area contributed by atoms with Gasteiger partial charge in [0.25, 0.3) is 11.5 Å². The Balaban J connectivity index is 1.38. The van der Waals surface area contributed by atoms with Gasteiger partial charge in [0.05, 0.1) is 12.0 Å². The van der Waals surface area contributed by atoms with Crippen molar-refractivity contribution in [2.75, 3.05) is 23.8 Å². The molecule has 9 nitrogen and oxygen atoms in total. The number of alkyl halides is 1. The van der Waals surface area contributed by atoms with Crippen LogP contribution in [-0.4, -0.2) is 39.5 Å². The molecule has 0 radical (unpaired) electrons. The third-order valence-electron chi connectivity index (χ3n) is 8.27. The summed E-state index contributed by atoms with van der Waals surface area (Å²) in [5.74, 6) is -0.267. The predicted molar refractivity (Wildman–Crippen MR) is 145 cm³/mol. The standard InChI is InChI=1S/C28H35ClN4O5/c1-17(2)13-32(22-23(30)33(26(37)31-24(22)35)14-18-6-4-3-5-7-18)21(34)15-38-25(36)27-9-19-8-20(10-27)12-28(29,11-19)16-27/h3-7,17,19-20H,8-16,30H2,1-2H3,(H,31,35,37)/t19-,20-,27?,28?/m0/s1. The summed E-state index contributed by atoms with van der Waals surface area (Å²) in [5, 5.41) is 0. The Morgan fingerprint density at radius 2 is 1.82 bits per heavy atom. The second-order valence-electron chi connectivity index (χ2n) is 11.9. The quantitative estimate of drug-likeness (QED) is 0.389. The topological polar surface area (TPSA) is 127 Å². The van der Waals surface area contributed by atoms with Crippen LogP contribution in [0.4, 0.5) is 11.5 Å². The molecule has 0 saturated heterocycles. The minimum atomic E-state index is -0.762. The van der Waals surface area contributed by atoms with E-state index in [-0.39, 0.29) is 41.4 Å². The van der Waals surface area contributed by atoms with Crippen molar-refractivity contribution in [1.29, 1.82) is 0 Å². The van der Waals surface area contributed by atoms with Crippen LogP contribution < -0.4 is 21.9 Å². The van der Waals surface area contributed by atoms with Crippen molar-refractivity contribution >= 4 is 35.0 Å². The molecule has 10 heteroatoms. The fourth-order valence-corrected chi connectivity index (χ4v) is 7.88. The zero-order valence-electron chi connectivity index (χ0n) is 21.9. The number of nitrogen functional groups attached to an aromatic ring is 1. The summed E-state index contributed by atoms with van der Waals surface area (Å²) in [6, 6.07) is 9.20. The summed E-state index contributed by atoms with van der Waals surface area (Å²) in [4.78, 5) is 55.5. The number of esters is 1. The number of benzene rings is 1. The minimum Gasteiger partial charge on any atom is -0.455 e. The first-order valence-corrected chi connectivity index (χ1v) is 13.7. The molecule has 1 amide bonds. The van der Waals surface area contributed by atoms with E-state index in [1.54, 1.807) is 0 Å². The van der Waals surface area contributed by atoms with Crippen LogP contribution in [0.2, 0.25) is 0 Å². The summed E-state index contributed by atoms with van der Waals surface area (Å²) in [5.41, 5.74) is 4.96. The van der Waals surface area contributed by atoms with Gasteiger partial charge < -0.3 is 15.4 Å². The Hall–Kier alpha value is -3.07. The highest BCUT2D eigenvalue weighted by Gasteiger charge is 2.60. The summed E-state index contributed by atoms with van der Waals surface area (Å²) in [7, 11) is 0. The van der Waals surface area contributed by atoms with Gasteiger partial charge in [-0.2, -0.15) is 0 Å². The molecular formula is C28H35ClN4O5. The normalized spacial score (nSPS) is 27.5. The summed E-state index contributed by atoms with van der Waals surface area (Å²) >= 11 is 6.87. The number of nitrogens with one attached hydrogen (secondary N) is 1. The number of rotatable bonds is 8. The van der Waals surface area contributed by atoms with Crippen LogP contribution in [0.15, 0.2) is 39.9 Å². The zero-order valence-corrected chi connectivity index (χ0v) is 22.6. The minimum absolute atomic E-state index is 0.0257. The molecule has 4 saturated carbocycles. The number of ether oxygens (including phenoxy) is 1. The number of nitrogens with two attached hydrogens (primary N) is 1. The number of carbonyl (C=O) groups is 2. The molecule has 4 fully saturated rings. The summed E-state index contributed by atoms with van der Waals surface area (Å²) in [6.45, 7) is 3.55. The van der Waals surface area contributed by atoms with Gasteiger partial charge in [0.15, 0.2) is 12.3 Å². The second-order valence-corrected chi connectivity index (χ2v) is 12.7. The molecule has 2 atom stereocenters. The highest BCUT2D eigenvalue weighted by Crippen LogP contribution is 2.64. The Morgan fingerprint density at radius 3 is 2.42 bits per heavy atom. The Morgan fingerprint density at radius 1 is 1.16 bits per heavy atom. The number of nitrogens with zero attached hydrogens (tertiary/aromatic N) is 2. The van der Waals surface area contributed by atoms with Crippen LogP contribution in [0.1, 0.15) is 57.9 Å². The molecule has 0 spiro atoms. The van der Waals surface area contributed by atoms with E-state index >= 15 is 0 Å². The maximum Gasteiger partial charge on any atom is 0.330 e. The van der Waals surface area contributed by atoms with Crippen molar-refractivity contribution < 1.29 is 14.3 Å². The van der Waals surface area contributed by atoms with E-state index in [0.717, 1.165) is 37.7 Å². The van der Waals surface area contributed by atoms with E-state index in [9.17, 15) is 19.2 Å². The first kappa shape index (κ1) is 26.5. The molecule has 1 aromatic heterocycles. The van der Waals surface area contributed by atoms with Crippen molar-refractivity contribution in [1.82, 2.24) is 9.55 Å². The van der Waals surface area contributed by atoms with Gasteiger partial charge in [0.2, 0.25) is 0 Å². The van der Waals surface area contributed by atoms with Crippen molar-refractivity contribution in [2.24, 2.45) is 23.2 Å². The van der Waals surface area contributed by atoms with Crippen molar-refractivity contribution in [3.63, 3.8) is 0 Å². The zero-order chi connectivity index (χ0) is 27.2. The van der Waals surface area contributed by atoms with E-state index < -0.39 is 29.2 Å². The van der Waals surface area contributed by atoms with E-state index in [0.29, 0.717) is 18.3 Å². The number of hydrogen-bond acceptors (Lipinski definition) is 6. The van der Waals surface area contributed by atoms with Gasteiger partial charge in [-0.05, 0) is 61.8 Å². The Kier molecular flexibility index (Phi) is 6.92. The van der Waals surface area contributed by atoms with Crippen LogP contribution >= 0.6 is 11.6 Å². The van der Waals surface area contributed by atoms with Crippen molar-refractivity contribution in [3.8, 4) is 0 Å². The number of halogens is 1. The van der Waals surface area contributed by atoms with Crippen LogP contribution in [0.3, 0.4) is 0 Å². The van der Waals surface area contributed by atoms with Crippen LogP contribution in [-0.2, 0) is 20.9 Å². The van der Waals surface area contributed by atoms with E-state index in [2.05, 4.69) is 4.98 Å². The van der Waals surface area contributed by atoms with Crippen molar-refractivity contribution in [3.05, 3.63) is 56.7 Å². The highest BCUT2D eigenvalue weighted by molar-refractivity contribution is 6.24. The van der Waals surface area contributed by atoms with Crippen LogP contribution in [0, 0.1) is 23.2 Å². The predicted octanol–water partition coefficient (Wildman–Crippen LogP) is 3.28. The first-order valence-electron chi connectivity index (χ1n) is 13.3. The third-order valence-corrected chi connectivity index (χ3v) is 8.71. The van der Waals surface area contributed by atoms with E-state index in [1.165, 1.54) is 9.47 Å². The molecule has 204 valence electrons. The lowest BCUT2D eigenvalue weighted by atomic mass is 9.49. The smallest absolute Gasteiger partial charge is 0.330 e. The van der Waals surface area contributed by atoms with Crippen LogP contribution in [0.5, 0.6) is 0 Å². The molecule has 6 rings (SSSR count). The highest BCUT2D eigenvalue weighted by atomic mass is 35.5. The molecule has 0 unspecified atom stereocenters. The number of aromatic amines is 1. The number of amides is 1. The number of aromatic nitrogens is 2. The second kappa shape index (κ2) is 9.91. The number of anilines is 2. The fraction of sp³-hybridized carbons (Fsp3) is 0.571. The fourth-order valence-electron chi connectivity index (χ4n) is 7.19. The van der Waals surface area contributed by atoms with Crippen molar-refractivity contribution in [2.45, 2.75) is 63.8 Å². The molecule has 38 heavy (non-hydrogen) atoms. The molecule has 4 aliphatic rings. The van der Waals surface area contributed by atoms with Gasteiger partial charge in [-0.3, -0.25) is 23.9 Å². The lowest BCUT2D eigenvalue weighted by Crippen LogP contribution is -2.56.